The van der Waals surface area contributed by atoms with Gasteiger partial charge >= 0.3 is 0 Å². The molecule has 1 aliphatic heterocycles. The molecule has 0 amide bonds. The molecule has 0 aromatic rings. The third-order valence-electron chi connectivity index (χ3n) is 1.74. The molecule has 1 radical (unpaired) electrons. The van der Waals surface area contributed by atoms with Gasteiger partial charge in [-0.05, 0) is 18.8 Å². The van der Waals surface area contributed by atoms with Crippen molar-refractivity contribution in [2.75, 3.05) is 13.1 Å². The van der Waals surface area contributed by atoms with E-state index in [1.807, 2.05) is 0 Å². The van der Waals surface area contributed by atoms with E-state index < -0.39 is 0 Å². The van der Waals surface area contributed by atoms with Crippen LogP contribution in [-0.2, 0) is 0 Å². The summed E-state index contributed by atoms with van der Waals surface area (Å²) in [4.78, 5) is 0. The molecule has 0 aromatic heterocycles. The van der Waals surface area contributed by atoms with Gasteiger partial charge in [-0.3, -0.25) is 10.6 Å². The van der Waals surface area contributed by atoms with Gasteiger partial charge in [-0.25, -0.2) is 0 Å². The van der Waals surface area contributed by atoms with E-state index in [9.17, 15) is 0 Å². The molecule has 2 aliphatic rings. The minimum Gasteiger partial charge on any atom is -0.295 e. The van der Waals surface area contributed by atoms with Gasteiger partial charge < -0.3 is 0 Å². The Bertz CT molecular complexity index is 82.5. The maximum Gasteiger partial charge on any atom is 0.104 e. The molecule has 2 nitrogen and oxygen atoms in total. The number of hydrogen-bond acceptors (Lipinski definition) is 2. The highest BCUT2D eigenvalue weighted by atomic mass is 15.2. The summed E-state index contributed by atoms with van der Waals surface area (Å²) in [6.07, 6.45) is 4.20. The molecule has 2 heteroatoms. The smallest absolute Gasteiger partial charge is 0.104 e. The van der Waals surface area contributed by atoms with E-state index in [0.717, 1.165) is 19.0 Å². The maximum atomic E-state index is 3.32. The monoisotopic (exact) mass is 111 g/mol. The molecular weight excluding hydrogens is 100 g/mol. The Morgan fingerprint density at radius 1 is 1.12 bits per heavy atom. The first-order valence-corrected chi connectivity index (χ1v) is 3.31. The van der Waals surface area contributed by atoms with Crippen molar-refractivity contribution in [1.29, 1.82) is 0 Å². The van der Waals surface area contributed by atoms with Crippen LogP contribution in [0.2, 0.25) is 0 Å². The van der Waals surface area contributed by atoms with Gasteiger partial charge in [0.05, 0.1) is 0 Å². The molecule has 0 aromatic carbocycles. The number of nitrogens with one attached hydrogen (secondary N) is 2. The van der Waals surface area contributed by atoms with E-state index in [4.69, 9.17) is 0 Å². The lowest BCUT2D eigenvalue weighted by molar-refractivity contribution is 0.652. The molecular formula is C6H11N2. The minimum atomic E-state index is 0.887. The third-order valence-corrected chi connectivity index (χ3v) is 1.74. The van der Waals surface area contributed by atoms with E-state index in [2.05, 4.69) is 10.6 Å². The topological polar surface area (TPSA) is 24.1 Å². The Balaban J connectivity index is 1.86. The summed E-state index contributed by atoms with van der Waals surface area (Å²) in [5.74, 6) is 0.887. The van der Waals surface area contributed by atoms with Crippen LogP contribution in [0.15, 0.2) is 0 Å². The van der Waals surface area contributed by atoms with Crippen molar-refractivity contribution in [3.05, 3.63) is 6.17 Å². The highest BCUT2D eigenvalue weighted by Gasteiger charge is 2.33. The van der Waals surface area contributed by atoms with Crippen LogP contribution in [0.1, 0.15) is 12.8 Å². The zero-order valence-corrected chi connectivity index (χ0v) is 4.91. The zero-order chi connectivity index (χ0) is 5.40. The lowest BCUT2D eigenvalue weighted by atomic mass is 10.3. The second kappa shape index (κ2) is 1.71. The molecule has 1 saturated carbocycles. The Kier molecular flexibility index (Phi) is 1.02. The molecule has 0 spiro atoms. The first kappa shape index (κ1) is 4.77. The lowest BCUT2D eigenvalue weighted by Crippen LogP contribution is -2.22. The van der Waals surface area contributed by atoms with Gasteiger partial charge in [0, 0.05) is 13.1 Å². The van der Waals surface area contributed by atoms with Crippen LogP contribution < -0.4 is 10.6 Å². The zero-order valence-electron chi connectivity index (χ0n) is 4.91. The summed E-state index contributed by atoms with van der Waals surface area (Å²) < 4.78 is 0. The predicted molar refractivity (Wildman–Crippen MR) is 32.0 cm³/mol. The Morgan fingerprint density at radius 3 is 2.25 bits per heavy atom. The number of rotatable bonds is 1. The first-order chi connectivity index (χ1) is 3.97. The molecule has 8 heavy (non-hydrogen) atoms. The Labute approximate surface area is 49.7 Å². The quantitative estimate of drug-likeness (QED) is 0.500. The van der Waals surface area contributed by atoms with Crippen molar-refractivity contribution in [1.82, 2.24) is 10.6 Å². The second-order valence-corrected chi connectivity index (χ2v) is 2.54. The van der Waals surface area contributed by atoms with Crippen molar-refractivity contribution >= 4 is 0 Å². The van der Waals surface area contributed by atoms with E-state index in [1.54, 1.807) is 0 Å². The lowest BCUT2D eigenvalue weighted by Gasteiger charge is -2.04. The second-order valence-electron chi connectivity index (χ2n) is 2.54. The van der Waals surface area contributed by atoms with Crippen molar-refractivity contribution in [2.24, 2.45) is 5.92 Å². The van der Waals surface area contributed by atoms with Gasteiger partial charge in [0.1, 0.15) is 6.17 Å². The van der Waals surface area contributed by atoms with Crippen molar-refractivity contribution in [3.63, 3.8) is 0 Å². The largest absolute Gasteiger partial charge is 0.295 e. The fourth-order valence-corrected chi connectivity index (χ4v) is 1.12. The summed E-state index contributed by atoms with van der Waals surface area (Å²) in [7, 11) is 0. The molecule has 2 fully saturated rings. The maximum absolute atomic E-state index is 3.32. The van der Waals surface area contributed by atoms with Crippen LogP contribution in [0.3, 0.4) is 0 Å². The highest BCUT2D eigenvalue weighted by molar-refractivity contribution is 5.02. The van der Waals surface area contributed by atoms with E-state index >= 15 is 0 Å². The van der Waals surface area contributed by atoms with Gasteiger partial charge in [-0.15, -0.1) is 0 Å². The molecule has 1 heterocycles. The van der Waals surface area contributed by atoms with Gasteiger partial charge in [-0.1, -0.05) is 0 Å². The summed E-state index contributed by atoms with van der Waals surface area (Å²) >= 11 is 0. The molecule has 1 saturated heterocycles. The predicted octanol–water partition coefficient (Wildman–Crippen LogP) is 0.0787. The van der Waals surface area contributed by atoms with Crippen LogP contribution in [-0.4, -0.2) is 13.1 Å². The van der Waals surface area contributed by atoms with Crippen molar-refractivity contribution < 1.29 is 0 Å². The van der Waals surface area contributed by atoms with Crippen molar-refractivity contribution in [3.8, 4) is 0 Å². The van der Waals surface area contributed by atoms with Crippen LogP contribution in [0.25, 0.3) is 0 Å². The summed E-state index contributed by atoms with van der Waals surface area (Å²) in [5, 5.41) is 6.65. The van der Waals surface area contributed by atoms with Crippen LogP contribution in [0.4, 0.5) is 0 Å². The Morgan fingerprint density at radius 2 is 1.75 bits per heavy atom. The average molecular weight is 111 g/mol. The molecule has 2 N–H and O–H groups in total. The highest BCUT2D eigenvalue weighted by Crippen LogP contribution is 2.35. The normalized spacial score (nSPS) is 31.5. The Hall–Kier alpha value is -0.0800. The molecule has 1 aliphatic carbocycles. The first-order valence-electron chi connectivity index (χ1n) is 3.31. The van der Waals surface area contributed by atoms with Crippen molar-refractivity contribution in [2.45, 2.75) is 12.8 Å². The van der Waals surface area contributed by atoms with Crippen LogP contribution in [0, 0.1) is 12.1 Å². The van der Waals surface area contributed by atoms with E-state index in [0.29, 0.717) is 0 Å². The van der Waals surface area contributed by atoms with Gasteiger partial charge in [0.25, 0.3) is 0 Å². The fourth-order valence-electron chi connectivity index (χ4n) is 1.12. The fraction of sp³-hybridized carbons (Fsp3) is 0.833. The van der Waals surface area contributed by atoms with E-state index in [-0.39, 0.29) is 0 Å². The standard InChI is InChI=1S/C6H11N2/c1-2-5(1)6-7-3-4-8-6/h5,7-8H,1-4H2. The summed E-state index contributed by atoms with van der Waals surface area (Å²) in [5.41, 5.74) is 0. The van der Waals surface area contributed by atoms with Gasteiger partial charge in [0.15, 0.2) is 0 Å². The van der Waals surface area contributed by atoms with Gasteiger partial charge in [0.2, 0.25) is 0 Å². The average Bonchev–Trinajstić information content (AvgIpc) is 2.49. The number of hydrogen-bond donors (Lipinski definition) is 2. The third kappa shape index (κ3) is 0.740. The van der Waals surface area contributed by atoms with E-state index in [1.165, 1.54) is 19.0 Å². The van der Waals surface area contributed by atoms with Gasteiger partial charge in [-0.2, -0.15) is 0 Å². The molecule has 0 atom stereocenters. The molecule has 0 unspecified atom stereocenters. The minimum absolute atomic E-state index is 0.887. The van der Waals surface area contributed by atoms with Crippen LogP contribution in [0.5, 0.6) is 0 Å². The molecule has 45 valence electrons. The SMILES string of the molecule is C1CN[C](C2CC2)N1. The molecule has 0 bridgehead atoms. The summed E-state index contributed by atoms with van der Waals surface area (Å²) in [6, 6.07) is 0. The summed E-state index contributed by atoms with van der Waals surface area (Å²) in [6.45, 7) is 2.26. The molecule has 2 rings (SSSR count). The van der Waals surface area contributed by atoms with Crippen LogP contribution >= 0.6 is 0 Å².